The number of rotatable bonds is 13. The summed E-state index contributed by atoms with van der Waals surface area (Å²) in [6.45, 7) is 3.43. The second kappa shape index (κ2) is 13.7. The Morgan fingerprint density at radius 3 is 2.31 bits per heavy atom. The fourth-order valence-corrected chi connectivity index (χ4v) is 5.58. The van der Waals surface area contributed by atoms with E-state index in [1.165, 1.54) is 42.3 Å². The molecule has 0 aliphatic rings. The van der Waals surface area contributed by atoms with Gasteiger partial charge in [0, 0.05) is 13.1 Å². The summed E-state index contributed by atoms with van der Waals surface area (Å²) in [6, 6.07) is 19.1. The predicted molar refractivity (Wildman–Crippen MR) is 148 cm³/mol. The molecule has 0 unspecified atom stereocenters. The highest BCUT2D eigenvalue weighted by molar-refractivity contribution is 7.92. The molecular weight excluding hydrogens is 521 g/mol. The fourth-order valence-electron chi connectivity index (χ4n) is 4.14. The minimum absolute atomic E-state index is 0.0184. The van der Waals surface area contributed by atoms with Gasteiger partial charge in [-0.25, -0.2) is 12.8 Å². The van der Waals surface area contributed by atoms with Gasteiger partial charge in [0.25, 0.3) is 10.0 Å². The molecule has 0 bridgehead atoms. The van der Waals surface area contributed by atoms with E-state index in [0.717, 1.165) is 10.4 Å². The van der Waals surface area contributed by atoms with Crippen LogP contribution in [0, 0.1) is 5.82 Å². The van der Waals surface area contributed by atoms with E-state index in [4.69, 9.17) is 4.74 Å². The van der Waals surface area contributed by atoms with Crippen LogP contribution in [0.15, 0.2) is 83.8 Å². The average Bonchev–Trinajstić information content (AvgIpc) is 2.95. The lowest BCUT2D eigenvalue weighted by Crippen LogP contribution is -2.52. The van der Waals surface area contributed by atoms with Crippen molar-refractivity contribution in [3.8, 4) is 5.75 Å². The Bertz CT molecular complexity index is 1370. The van der Waals surface area contributed by atoms with E-state index in [9.17, 15) is 22.4 Å². The SMILES string of the molecule is CCCNC(=O)[C@@H](CC)N(Cc1cccc(OC)c1)C(=O)CN(c1ccccc1F)S(=O)(=O)c1ccccc1. The first-order chi connectivity index (χ1) is 18.7. The van der Waals surface area contributed by atoms with Gasteiger partial charge in [0.1, 0.15) is 24.2 Å². The van der Waals surface area contributed by atoms with E-state index >= 15 is 0 Å². The summed E-state index contributed by atoms with van der Waals surface area (Å²) < 4.78 is 48.4. The van der Waals surface area contributed by atoms with Gasteiger partial charge in [-0.05, 0) is 54.8 Å². The number of benzene rings is 3. The van der Waals surface area contributed by atoms with E-state index < -0.39 is 34.3 Å². The minimum Gasteiger partial charge on any atom is -0.497 e. The van der Waals surface area contributed by atoms with E-state index in [1.54, 1.807) is 49.4 Å². The van der Waals surface area contributed by atoms with Gasteiger partial charge in [-0.3, -0.25) is 13.9 Å². The molecule has 0 saturated carbocycles. The highest BCUT2D eigenvalue weighted by Crippen LogP contribution is 2.27. The lowest BCUT2D eigenvalue weighted by atomic mass is 10.1. The zero-order valence-corrected chi connectivity index (χ0v) is 23.2. The standard InChI is InChI=1S/C29H34FN3O5S/c1-4-18-31-29(35)26(5-2)32(20-22-12-11-13-23(19-22)38-3)28(34)21-33(27-17-10-9-16-25(27)30)39(36,37)24-14-7-6-8-15-24/h6-17,19,26H,4-5,18,20-21H2,1-3H3,(H,31,35)/t26-/m1/s1. The number of carbonyl (C=O) groups excluding carboxylic acids is 2. The highest BCUT2D eigenvalue weighted by atomic mass is 32.2. The molecule has 3 aromatic rings. The van der Waals surface area contributed by atoms with Crippen LogP contribution in [0.2, 0.25) is 0 Å². The van der Waals surface area contributed by atoms with Gasteiger partial charge in [0.15, 0.2) is 0 Å². The van der Waals surface area contributed by atoms with Gasteiger partial charge in [-0.1, -0.05) is 56.3 Å². The molecule has 3 rings (SSSR count). The highest BCUT2D eigenvalue weighted by Gasteiger charge is 2.34. The Labute approximate surface area is 229 Å². The van der Waals surface area contributed by atoms with Gasteiger partial charge in [-0.15, -0.1) is 0 Å². The van der Waals surface area contributed by atoms with Crippen LogP contribution in [-0.4, -0.2) is 51.4 Å². The molecule has 39 heavy (non-hydrogen) atoms. The lowest BCUT2D eigenvalue weighted by Gasteiger charge is -2.33. The number of hydrogen-bond donors (Lipinski definition) is 1. The van der Waals surface area contributed by atoms with Crippen molar-refractivity contribution in [1.82, 2.24) is 10.2 Å². The molecule has 1 atom stereocenters. The van der Waals surface area contributed by atoms with Crippen molar-refractivity contribution in [1.29, 1.82) is 0 Å². The Balaban J connectivity index is 2.06. The van der Waals surface area contributed by atoms with Crippen molar-refractivity contribution in [2.45, 2.75) is 44.2 Å². The van der Waals surface area contributed by atoms with Crippen molar-refractivity contribution in [3.05, 3.63) is 90.2 Å². The number of nitrogens with one attached hydrogen (secondary N) is 1. The van der Waals surface area contributed by atoms with E-state index in [2.05, 4.69) is 5.32 Å². The van der Waals surface area contributed by atoms with Crippen LogP contribution in [-0.2, 0) is 26.2 Å². The smallest absolute Gasteiger partial charge is 0.264 e. The Morgan fingerprint density at radius 2 is 1.67 bits per heavy atom. The molecular formula is C29H34FN3O5S. The number of anilines is 1. The first-order valence-electron chi connectivity index (χ1n) is 12.7. The number of para-hydroxylation sites is 1. The molecule has 0 aliphatic carbocycles. The number of ether oxygens (including phenoxy) is 1. The van der Waals surface area contributed by atoms with E-state index in [1.807, 2.05) is 6.92 Å². The lowest BCUT2D eigenvalue weighted by molar-refractivity contribution is -0.140. The van der Waals surface area contributed by atoms with E-state index in [-0.39, 0.29) is 29.5 Å². The van der Waals surface area contributed by atoms with Crippen LogP contribution in [0.5, 0.6) is 5.75 Å². The molecule has 0 spiro atoms. The van der Waals surface area contributed by atoms with Gasteiger partial charge in [-0.2, -0.15) is 0 Å². The summed E-state index contributed by atoms with van der Waals surface area (Å²) in [5.41, 5.74) is 0.423. The summed E-state index contributed by atoms with van der Waals surface area (Å²) in [4.78, 5) is 28.3. The number of amides is 2. The van der Waals surface area contributed by atoms with Crippen molar-refractivity contribution in [2.75, 3.05) is 24.5 Å². The first-order valence-corrected chi connectivity index (χ1v) is 14.2. The number of sulfonamides is 1. The summed E-state index contributed by atoms with van der Waals surface area (Å²) in [6.07, 6.45) is 0.999. The van der Waals surface area contributed by atoms with Crippen molar-refractivity contribution in [3.63, 3.8) is 0 Å². The van der Waals surface area contributed by atoms with Crippen LogP contribution in [0.1, 0.15) is 32.3 Å². The Morgan fingerprint density at radius 1 is 0.974 bits per heavy atom. The third-order valence-electron chi connectivity index (χ3n) is 6.15. The quantitative estimate of drug-likeness (QED) is 0.338. The zero-order chi connectivity index (χ0) is 28.4. The summed E-state index contributed by atoms with van der Waals surface area (Å²) in [7, 11) is -2.81. The number of hydrogen-bond acceptors (Lipinski definition) is 5. The normalized spacial score (nSPS) is 11.9. The van der Waals surface area contributed by atoms with Crippen LogP contribution < -0.4 is 14.4 Å². The minimum atomic E-state index is -4.33. The summed E-state index contributed by atoms with van der Waals surface area (Å²) >= 11 is 0. The monoisotopic (exact) mass is 555 g/mol. The van der Waals surface area contributed by atoms with Gasteiger partial charge >= 0.3 is 0 Å². The third-order valence-corrected chi connectivity index (χ3v) is 7.93. The van der Waals surface area contributed by atoms with Crippen molar-refractivity contribution in [2.24, 2.45) is 0 Å². The van der Waals surface area contributed by atoms with Crippen LogP contribution in [0.3, 0.4) is 0 Å². The number of methoxy groups -OCH3 is 1. The zero-order valence-electron chi connectivity index (χ0n) is 22.3. The third kappa shape index (κ3) is 7.35. The van der Waals surface area contributed by atoms with Crippen LogP contribution in [0.25, 0.3) is 0 Å². The maximum Gasteiger partial charge on any atom is 0.264 e. The first kappa shape index (κ1) is 29.6. The Kier molecular flexibility index (Phi) is 10.4. The van der Waals surface area contributed by atoms with Gasteiger partial charge < -0.3 is 15.0 Å². The fraction of sp³-hybridized carbons (Fsp3) is 0.310. The molecule has 3 aromatic carbocycles. The van der Waals surface area contributed by atoms with E-state index in [0.29, 0.717) is 24.3 Å². The molecule has 0 saturated heterocycles. The largest absolute Gasteiger partial charge is 0.497 e. The molecule has 0 heterocycles. The van der Waals surface area contributed by atoms with Crippen LogP contribution in [0.4, 0.5) is 10.1 Å². The molecule has 10 heteroatoms. The van der Waals surface area contributed by atoms with Crippen LogP contribution >= 0.6 is 0 Å². The molecule has 0 radical (unpaired) electrons. The number of halogens is 1. The van der Waals surface area contributed by atoms with Gasteiger partial charge in [0.2, 0.25) is 11.8 Å². The summed E-state index contributed by atoms with van der Waals surface area (Å²) in [5, 5.41) is 2.83. The predicted octanol–water partition coefficient (Wildman–Crippen LogP) is 4.36. The molecule has 0 fully saturated rings. The number of carbonyl (C=O) groups is 2. The molecule has 8 nitrogen and oxygen atoms in total. The maximum absolute atomic E-state index is 15.0. The second-order valence-electron chi connectivity index (χ2n) is 8.86. The Hall–Kier alpha value is -3.92. The van der Waals surface area contributed by atoms with Crippen molar-refractivity contribution >= 4 is 27.5 Å². The molecule has 0 aromatic heterocycles. The van der Waals surface area contributed by atoms with Gasteiger partial charge in [0.05, 0.1) is 17.7 Å². The molecule has 1 N–H and O–H groups in total. The maximum atomic E-state index is 15.0. The molecule has 0 aliphatic heterocycles. The second-order valence-corrected chi connectivity index (χ2v) is 10.7. The van der Waals surface area contributed by atoms with Crippen molar-refractivity contribution < 1.29 is 27.1 Å². The average molecular weight is 556 g/mol. The molecule has 2 amide bonds. The topological polar surface area (TPSA) is 96.0 Å². The summed E-state index contributed by atoms with van der Waals surface area (Å²) in [5.74, 6) is -1.22. The molecule has 208 valence electrons. The number of nitrogens with zero attached hydrogens (tertiary/aromatic N) is 2.